The molecule has 2 N–H and O–H groups in total. The highest BCUT2D eigenvalue weighted by molar-refractivity contribution is 7.12. The number of nitrogens with zero attached hydrogens (tertiary/aromatic N) is 3. The van der Waals surface area contributed by atoms with E-state index in [4.69, 9.17) is 0 Å². The van der Waals surface area contributed by atoms with Crippen molar-refractivity contribution in [1.82, 2.24) is 15.1 Å². The summed E-state index contributed by atoms with van der Waals surface area (Å²) in [5, 5.41) is 8.33. The lowest BCUT2D eigenvalue weighted by Gasteiger charge is -2.37. The van der Waals surface area contributed by atoms with E-state index in [-0.39, 0.29) is 24.1 Å². The fourth-order valence-electron chi connectivity index (χ4n) is 4.96. The molecule has 0 unspecified atom stereocenters. The molecule has 2 aliphatic rings. The van der Waals surface area contributed by atoms with Crippen LogP contribution in [0.1, 0.15) is 32.0 Å². The first-order chi connectivity index (χ1) is 18.6. The Morgan fingerprint density at radius 3 is 2.37 bits per heavy atom. The van der Waals surface area contributed by atoms with Gasteiger partial charge in [0.2, 0.25) is 5.91 Å². The van der Waals surface area contributed by atoms with Gasteiger partial charge in [-0.25, -0.2) is 0 Å². The van der Waals surface area contributed by atoms with Gasteiger partial charge in [0.15, 0.2) is 0 Å². The van der Waals surface area contributed by atoms with Crippen LogP contribution in [0.25, 0.3) is 0 Å². The highest BCUT2D eigenvalue weighted by atomic mass is 32.1. The SMILES string of the molecule is O=C(Cc1ccccc1)Nc1cc(C(=O)N2CCCNCC2)ccc1N1CCN(C(=O)c2cccs2)CC1. The molecule has 2 fully saturated rings. The monoisotopic (exact) mass is 531 g/mol. The number of rotatable bonds is 6. The second-order valence-corrected chi connectivity index (χ2v) is 10.5. The van der Waals surface area contributed by atoms with Gasteiger partial charge in [-0.05, 0) is 48.2 Å². The molecule has 3 heterocycles. The van der Waals surface area contributed by atoms with E-state index in [0.29, 0.717) is 50.5 Å². The molecular formula is C29H33N5O3S. The van der Waals surface area contributed by atoms with Crippen molar-refractivity contribution in [3.63, 3.8) is 0 Å². The van der Waals surface area contributed by atoms with Gasteiger partial charge in [0.25, 0.3) is 11.8 Å². The molecule has 5 rings (SSSR count). The van der Waals surface area contributed by atoms with E-state index in [9.17, 15) is 14.4 Å². The minimum absolute atomic E-state index is 0.0230. The molecule has 1 aromatic heterocycles. The molecular weight excluding hydrogens is 498 g/mol. The van der Waals surface area contributed by atoms with Gasteiger partial charge in [0, 0.05) is 51.4 Å². The largest absolute Gasteiger partial charge is 0.366 e. The van der Waals surface area contributed by atoms with Crippen LogP contribution in [0.4, 0.5) is 11.4 Å². The quantitative estimate of drug-likeness (QED) is 0.510. The van der Waals surface area contributed by atoms with Gasteiger partial charge >= 0.3 is 0 Å². The number of anilines is 2. The second-order valence-electron chi connectivity index (χ2n) is 9.59. The van der Waals surface area contributed by atoms with Crippen LogP contribution >= 0.6 is 11.3 Å². The number of benzene rings is 2. The van der Waals surface area contributed by atoms with Crippen LogP contribution in [0, 0.1) is 0 Å². The van der Waals surface area contributed by atoms with E-state index >= 15 is 0 Å². The predicted molar refractivity (Wildman–Crippen MR) is 151 cm³/mol. The molecule has 0 atom stereocenters. The lowest BCUT2D eigenvalue weighted by atomic mass is 10.1. The number of piperazine rings is 1. The molecule has 0 radical (unpaired) electrons. The van der Waals surface area contributed by atoms with Gasteiger partial charge in [-0.2, -0.15) is 0 Å². The number of hydrogen-bond donors (Lipinski definition) is 2. The maximum atomic E-state index is 13.3. The van der Waals surface area contributed by atoms with Crippen LogP contribution in [-0.2, 0) is 11.2 Å². The Morgan fingerprint density at radius 2 is 1.61 bits per heavy atom. The maximum absolute atomic E-state index is 13.3. The maximum Gasteiger partial charge on any atom is 0.264 e. The average Bonchev–Trinajstić information content (AvgIpc) is 3.35. The Morgan fingerprint density at radius 1 is 0.816 bits per heavy atom. The third-order valence-corrected chi connectivity index (χ3v) is 7.85. The summed E-state index contributed by atoms with van der Waals surface area (Å²) in [5.74, 6) is -0.0957. The van der Waals surface area contributed by atoms with E-state index in [1.165, 1.54) is 11.3 Å². The number of thiophene rings is 1. The van der Waals surface area contributed by atoms with Crippen LogP contribution in [-0.4, -0.2) is 79.9 Å². The van der Waals surface area contributed by atoms with Gasteiger partial charge < -0.3 is 25.3 Å². The van der Waals surface area contributed by atoms with Crippen molar-refractivity contribution in [2.45, 2.75) is 12.8 Å². The summed E-state index contributed by atoms with van der Waals surface area (Å²) < 4.78 is 0. The summed E-state index contributed by atoms with van der Waals surface area (Å²) >= 11 is 1.46. The minimum atomic E-state index is -0.132. The molecule has 38 heavy (non-hydrogen) atoms. The van der Waals surface area contributed by atoms with Crippen LogP contribution < -0.4 is 15.5 Å². The summed E-state index contributed by atoms with van der Waals surface area (Å²) in [4.78, 5) is 45.8. The lowest BCUT2D eigenvalue weighted by molar-refractivity contribution is -0.115. The zero-order valence-corrected chi connectivity index (χ0v) is 22.2. The molecule has 9 heteroatoms. The molecule has 198 valence electrons. The summed E-state index contributed by atoms with van der Waals surface area (Å²) in [5.41, 5.74) is 2.99. The Bertz CT molecular complexity index is 1250. The first-order valence-electron chi connectivity index (χ1n) is 13.1. The van der Waals surface area contributed by atoms with Crippen LogP contribution in [0.15, 0.2) is 66.0 Å². The highest BCUT2D eigenvalue weighted by Gasteiger charge is 2.26. The number of nitrogens with one attached hydrogen (secondary N) is 2. The molecule has 2 aliphatic heterocycles. The normalized spacial score (nSPS) is 16.2. The zero-order valence-electron chi connectivity index (χ0n) is 21.4. The number of carbonyl (C=O) groups is 3. The number of carbonyl (C=O) groups excluding carboxylic acids is 3. The van der Waals surface area contributed by atoms with Crippen molar-refractivity contribution < 1.29 is 14.4 Å². The van der Waals surface area contributed by atoms with E-state index in [2.05, 4.69) is 15.5 Å². The van der Waals surface area contributed by atoms with Gasteiger partial charge in [-0.3, -0.25) is 14.4 Å². The zero-order chi connectivity index (χ0) is 26.3. The third-order valence-electron chi connectivity index (χ3n) is 6.99. The predicted octanol–water partition coefficient (Wildman–Crippen LogP) is 3.33. The Balaban J connectivity index is 1.34. The van der Waals surface area contributed by atoms with Crippen molar-refractivity contribution in [3.05, 3.63) is 82.0 Å². The topological polar surface area (TPSA) is 85.0 Å². The standard InChI is InChI=1S/C29H33N5O3S/c35-27(20-22-6-2-1-3-7-22)31-24-21-23(28(36)33-13-5-11-30-12-14-33)9-10-25(24)32-15-17-34(18-16-32)29(37)26-8-4-19-38-26/h1-4,6-10,19,21,30H,5,11-18,20H2,(H,31,35). The molecule has 0 saturated carbocycles. The van der Waals surface area contributed by atoms with Gasteiger partial charge in [0.05, 0.1) is 22.7 Å². The van der Waals surface area contributed by atoms with E-state index in [0.717, 1.165) is 35.6 Å². The molecule has 0 bridgehead atoms. The Labute approximate surface area is 227 Å². The molecule has 0 spiro atoms. The van der Waals surface area contributed by atoms with Crippen molar-refractivity contribution >= 4 is 40.4 Å². The summed E-state index contributed by atoms with van der Waals surface area (Å²) in [6, 6.07) is 19.0. The van der Waals surface area contributed by atoms with Gasteiger partial charge in [-0.15, -0.1) is 11.3 Å². The molecule has 2 aromatic carbocycles. The molecule has 2 saturated heterocycles. The van der Waals surface area contributed by atoms with Gasteiger partial charge in [-0.1, -0.05) is 36.4 Å². The molecule has 3 aromatic rings. The first kappa shape index (κ1) is 25.9. The van der Waals surface area contributed by atoms with Crippen molar-refractivity contribution in [1.29, 1.82) is 0 Å². The van der Waals surface area contributed by atoms with Crippen molar-refractivity contribution in [2.24, 2.45) is 0 Å². The fourth-order valence-corrected chi connectivity index (χ4v) is 5.65. The lowest BCUT2D eigenvalue weighted by Crippen LogP contribution is -2.48. The fraction of sp³-hybridized carbons (Fsp3) is 0.345. The van der Waals surface area contributed by atoms with E-state index in [1.807, 2.05) is 75.8 Å². The summed E-state index contributed by atoms with van der Waals surface area (Å²) in [6.07, 6.45) is 1.16. The van der Waals surface area contributed by atoms with Gasteiger partial charge in [0.1, 0.15) is 0 Å². The second kappa shape index (κ2) is 12.2. The molecule has 3 amide bonds. The summed E-state index contributed by atoms with van der Waals surface area (Å²) in [6.45, 7) is 5.53. The minimum Gasteiger partial charge on any atom is -0.366 e. The smallest absolute Gasteiger partial charge is 0.264 e. The average molecular weight is 532 g/mol. The molecule has 8 nitrogen and oxygen atoms in total. The van der Waals surface area contributed by atoms with Crippen molar-refractivity contribution in [2.75, 3.05) is 62.6 Å². The highest BCUT2D eigenvalue weighted by Crippen LogP contribution is 2.30. The van der Waals surface area contributed by atoms with Crippen LogP contribution in [0.5, 0.6) is 0 Å². The van der Waals surface area contributed by atoms with Crippen LogP contribution in [0.2, 0.25) is 0 Å². The Hall–Kier alpha value is -3.69. The third kappa shape index (κ3) is 6.23. The molecule has 0 aliphatic carbocycles. The number of hydrogen-bond acceptors (Lipinski definition) is 6. The first-order valence-corrected chi connectivity index (χ1v) is 14.0. The van der Waals surface area contributed by atoms with E-state index in [1.54, 1.807) is 0 Å². The van der Waals surface area contributed by atoms with Crippen LogP contribution in [0.3, 0.4) is 0 Å². The summed E-state index contributed by atoms with van der Waals surface area (Å²) in [7, 11) is 0. The van der Waals surface area contributed by atoms with E-state index < -0.39 is 0 Å². The van der Waals surface area contributed by atoms with Crippen molar-refractivity contribution in [3.8, 4) is 0 Å². The number of amides is 3. The Kier molecular flexibility index (Phi) is 8.35.